The van der Waals surface area contributed by atoms with Gasteiger partial charge in [0.1, 0.15) is 46.4 Å². The van der Waals surface area contributed by atoms with E-state index in [1.54, 1.807) is 17.5 Å². The van der Waals surface area contributed by atoms with Crippen molar-refractivity contribution in [2.75, 3.05) is 12.3 Å². The number of nitrogens with zero attached hydrogens (tertiary/aromatic N) is 5. The highest BCUT2D eigenvalue weighted by atomic mass is 19.4. The second-order valence-electron chi connectivity index (χ2n) is 8.72. The third-order valence-electron chi connectivity index (χ3n) is 6.53. The van der Waals surface area contributed by atoms with Crippen LogP contribution in [0.1, 0.15) is 39.9 Å². The van der Waals surface area contributed by atoms with Gasteiger partial charge in [-0.05, 0) is 25.1 Å². The highest BCUT2D eigenvalue weighted by Gasteiger charge is 2.47. The number of hydrogen-bond acceptors (Lipinski definition) is 6. The Bertz CT molecular complexity index is 1520. The van der Waals surface area contributed by atoms with Crippen molar-refractivity contribution < 1.29 is 27.1 Å². The third-order valence-corrected chi connectivity index (χ3v) is 6.53. The van der Waals surface area contributed by atoms with E-state index in [0.717, 1.165) is 12.1 Å². The summed E-state index contributed by atoms with van der Waals surface area (Å²) in [7, 11) is 0. The first-order valence-corrected chi connectivity index (χ1v) is 10.8. The zero-order valence-corrected chi connectivity index (χ0v) is 18.3. The maximum atomic E-state index is 14.6. The third kappa shape index (κ3) is 3.27. The maximum absolute atomic E-state index is 14.6. The van der Waals surface area contributed by atoms with Crippen molar-refractivity contribution in [3.8, 4) is 5.75 Å². The average molecular weight is 486 g/mol. The Morgan fingerprint density at radius 2 is 1.97 bits per heavy atom. The van der Waals surface area contributed by atoms with Crippen molar-refractivity contribution in [3.63, 3.8) is 0 Å². The number of carbonyl (C=O) groups excluding carboxylic acids is 1. The lowest BCUT2D eigenvalue weighted by Crippen LogP contribution is -2.49. The number of rotatable bonds is 1. The molecule has 4 aromatic rings. The highest BCUT2D eigenvalue weighted by molar-refractivity contribution is 5.96. The minimum absolute atomic E-state index is 0.00335. The van der Waals surface area contributed by atoms with Gasteiger partial charge in [0.25, 0.3) is 5.91 Å². The number of fused-ring (bicyclic) bond motifs is 6. The summed E-state index contributed by atoms with van der Waals surface area (Å²) in [6, 6.07) is 3.93. The minimum Gasteiger partial charge on any atom is -0.487 e. The van der Waals surface area contributed by atoms with E-state index in [1.807, 2.05) is 0 Å². The molecule has 35 heavy (non-hydrogen) atoms. The molecule has 180 valence electrons. The number of likely N-dealkylation sites (tertiary alicyclic amines) is 1. The fourth-order valence-corrected chi connectivity index (χ4v) is 4.98. The molecule has 1 unspecified atom stereocenters. The minimum atomic E-state index is -4.55. The number of nitrogen functional groups attached to an aromatic ring is 1. The second kappa shape index (κ2) is 7.27. The molecule has 3 atom stereocenters. The monoisotopic (exact) mass is 486 g/mol. The van der Waals surface area contributed by atoms with Crippen LogP contribution >= 0.6 is 0 Å². The van der Waals surface area contributed by atoms with Crippen LogP contribution in [-0.2, 0) is 6.18 Å². The fraction of sp³-hybridized carbons (Fsp3) is 0.304. The van der Waals surface area contributed by atoms with Crippen LogP contribution in [-0.4, -0.2) is 49.0 Å². The van der Waals surface area contributed by atoms with Gasteiger partial charge in [-0.2, -0.15) is 13.2 Å². The number of benzene rings is 1. The molecule has 8 nitrogen and oxygen atoms in total. The van der Waals surface area contributed by atoms with Gasteiger partial charge in [0.05, 0.1) is 36.1 Å². The standard InChI is InChI=1S/C23H18F4N6O2/c1-10-29-8-17-21(28)31-15-7-30-14(6-16(15)33(10)17)22(34)32-9-12(24)5-19-20(32)13-3-2-11(23(25,26)27)4-18(13)35-19/h2-4,6-8,12,19-20H,5,9H2,1H3,(H2,28,31)/t12-,19?,20+/m1/s1. The van der Waals surface area contributed by atoms with Crippen LogP contribution in [0.3, 0.4) is 0 Å². The highest BCUT2D eigenvalue weighted by Crippen LogP contribution is 2.47. The maximum Gasteiger partial charge on any atom is 0.416 e. The predicted molar refractivity (Wildman–Crippen MR) is 117 cm³/mol. The number of aryl methyl sites for hydroxylation is 1. The summed E-state index contributed by atoms with van der Waals surface area (Å²) in [5, 5.41) is 0. The van der Waals surface area contributed by atoms with Gasteiger partial charge < -0.3 is 15.4 Å². The Labute approximate surface area is 195 Å². The van der Waals surface area contributed by atoms with Gasteiger partial charge in [0.2, 0.25) is 0 Å². The van der Waals surface area contributed by atoms with Crippen LogP contribution in [0.25, 0.3) is 16.6 Å². The number of hydrogen-bond donors (Lipinski definition) is 1. The van der Waals surface area contributed by atoms with E-state index in [-0.39, 0.29) is 30.2 Å². The molecule has 0 aliphatic carbocycles. The summed E-state index contributed by atoms with van der Waals surface area (Å²) in [5.41, 5.74) is 7.14. The van der Waals surface area contributed by atoms with Gasteiger partial charge in [0.15, 0.2) is 0 Å². The molecular formula is C23H18F4N6O2. The summed E-state index contributed by atoms with van der Waals surface area (Å²) in [4.78, 5) is 27.7. The molecule has 2 aliphatic rings. The average Bonchev–Trinajstić information content (AvgIpc) is 3.37. The smallest absolute Gasteiger partial charge is 0.416 e. The number of amides is 1. The SMILES string of the molecule is Cc1ncc2c(N)nc3cnc(C(=O)N4C[C@H](F)CC5Oc6cc(C(F)(F)F)ccc6[C@@H]54)cc3n12. The van der Waals surface area contributed by atoms with Crippen LogP contribution in [0.2, 0.25) is 0 Å². The van der Waals surface area contributed by atoms with Crippen molar-refractivity contribution in [2.24, 2.45) is 0 Å². The van der Waals surface area contributed by atoms with E-state index in [2.05, 4.69) is 15.0 Å². The fourth-order valence-electron chi connectivity index (χ4n) is 4.98. The topological polar surface area (TPSA) is 98.6 Å². The van der Waals surface area contributed by atoms with E-state index >= 15 is 0 Å². The first-order chi connectivity index (χ1) is 16.6. The number of piperidine rings is 1. The molecule has 6 rings (SSSR count). The van der Waals surface area contributed by atoms with Gasteiger partial charge in [0, 0.05) is 12.0 Å². The number of pyridine rings is 1. The molecule has 3 aromatic heterocycles. The lowest BCUT2D eigenvalue weighted by atomic mass is 9.92. The lowest BCUT2D eigenvalue weighted by Gasteiger charge is -2.38. The quantitative estimate of drug-likeness (QED) is 0.410. The molecule has 1 aromatic carbocycles. The summed E-state index contributed by atoms with van der Waals surface area (Å²) in [6.07, 6.45) is -3.81. The molecule has 5 heterocycles. The first-order valence-electron chi connectivity index (χ1n) is 10.8. The van der Waals surface area contributed by atoms with E-state index in [1.165, 1.54) is 23.2 Å². The van der Waals surface area contributed by atoms with E-state index in [9.17, 15) is 22.4 Å². The molecule has 0 spiro atoms. The molecule has 1 amide bonds. The molecule has 1 saturated heterocycles. The van der Waals surface area contributed by atoms with Crippen molar-refractivity contribution in [2.45, 2.75) is 37.8 Å². The van der Waals surface area contributed by atoms with Crippen molar-refractivity contribution in [1.82, 2.24) is 24.3 Å². The van der Waals surface area contributed by atoms with E-state index in [0.29, 0.717) is 27.9 Å². The summed E-state index contributed by atoms with van der Waals surface area (Å²) >= 11 is 0. The Morgan fingerprint density at radius 3 is 2.74 bits per heavy atom. The summed E-state index contributed by atoms with van der Waals surface area (Å²) in [5.74, 6) is 0.326. The second-order valence-corrected chi connectivity index (χ2v) is 8.72. The zero-order chi connectivity index (χ0) is 24.6. The zero-order valence-electron chi connectivity index (χ0n) is 18.3. The van der Waals surface area contributed by atoms with Crippen molar-refractivity contribution in [3.05, 3.63) is 59.3 Å². The number of aromatic nitrogens is 4. The summed E-state index contributed by atoms with van der Waals surface area (Å²) in [6.45, 7) is 1.54. The molecule has 0 saturated carbocycles. The molecule has 12 heteroatoms. The molecule has 2 N–H and O–H groups in total. The van der Waals surface area contributed by atoms with Gasteiger partial charge in [-0.3, -0.25) is 9.20 Å². The van der Waals surface area contributed by atoms with Crippen LogP contribution in [0.15, 0.2) is 36.7 Å². The van der Waals surface area contributed by atoms with E-state index in [4.69, 9.17) is 10.5 Å². The number of alkyl halides is 4. The van der Waals surface area contributed by atoms with Crippen LogP contribution in [0.5, 0.6) is 5.75 Å². The van der Waals surface area contributed by atoms with Crippen LogP contribution in [0.4, 0.5) is 23.4 Å². The summed E-state index contributed by atoms with van der Waals surface area (Å²) < 4.78 is 61.6. The molecule has 2 aliphatic heterocycles. The van der Waals surface area contributed by atoms with Crippen molar-refractivity contribution >= 4 is 28.3 Å². The van der Waals surface area contributed by atoms with Crippen LogP contribution < -0.4 is 10.5 Å². The molecule has 0 bridgehead atoms. The van der Waals surface area contributed by atoms with Gasteiger partial charge in [-0.15, -0.1) is 0 Å². The number of imidazole rings is 1. The van der Waals surface area contributed by atoms with E-state index < -0.39 is 36.0 Å². The van der Waals surface area contributed by atoms with Gasteiger partial charge in [-0.1, -0.05) is 6.07 Å². The number of ether oxygens (including phenoxy) is 1. The number of anilines is 1. The molecule has 1 fully saturated rings. The number of carbonyl (C=O) groups is 1. The molecule has 0 radical (unpaired) electrons. The van der Waals surface area contributed by atoms with Crippen molar-refractivity contribution in [1.29, 1.82) is 0 Å². The largest absolute Gasteiger partial charge is 0.487 e. The lowest BCUT2D eigenvalue weighted by molar-refractivity contribution is -0.137. The predicted octanol–water partition coefficient (Wildman–Crippen LogP) is 3.87. The Kier molecular flexibility index (Phi) is 4.48. The Hall–Kier alpha value is -3.96. The number of halogens is 4. The Morgan fingerprint density at radius 1 is 1.17 bits per heavy atom. The first kappa shape index (κ1) is 21.6. The van der Waals surface area contributed by atoms with Gasteiger partial charge >= 0.3 is 6.18 Å². The van der Waals surface area contributed by atoms with Crippen LogP contribution in [0, 0.1) is 6.92 Å². The number of nitrogens with two attached hydrogens (primary N) is 1. The molecular weight excluding hydrogens is 468 g/mol. The Balaban J connectivity index is 1.43. The normalized spacial score (nSPS) is 21.7. The van der Waals surface area contributed by atoms with Gasteiger partial charge in [-0.25, -0.2) is 19.3 Å².